The normalized spacial score (nSPS) is 20.2. The first-order valence-electron chi connectivity index (χ1n) is 11.7. The van der Waals surface area contributed by atoms with Gasteiger partial charge in [-0.05, 0) is 62.7 Å². The van der Waals surface area contributed by atoms with E-state index in [2.05, 4.69) is 51.1 Å². The molecule has 4 rings (SSSR count). The zero-order valence-electron chi connectivity index (χ0n) is 18.7. The van der Waals surface area contributed by atoms with Crippen molar-refractivity contribution >= 4 is 5.91 Å². The fourth-order valence-corrected chi connectivity index (χ4v) is 4.70. The SMILES string of the molecule is Cc1ccccc1CN1CCC(CN(C[C@@H]2CCCO2)C(=O)CCn2cncn2)CC1. The largest absolute Gasteiger partial charge is 0.376 e. The molecule has 0 spiro atoms. The second kappa shape index (κ2) is 10.9. The molecule has 2 fully saturated rings. The molecule has 0 aliphatic carbocycles. The molecule has 1 aromatic carbocycles. The van der Waals surface area contributed by atoms with Gasteiger partial charge in [-0.15, -0.1) is 0 Å². The Morgan fingerprint density at radius 1 is 1.19 bits per heavy atom. The number of carbonyl (C=O) groups is 1. The molecule has 0 bridgehead atoms. The van der Waals surface area contributed by atoms with Gasteiger partial charge >= 0.3 is 0 Å². The van der Waals surface area contributed by atoms with Gasteiger partial charge in [-0.1, -0.05) is 24.3 Å². The van der Waals surface area contributed by atoms with Crippen molar-refractivity contribution in [2.75, 3.05) is 32.8 Å². The van der Waals surface area contributed by atoms with E-state index < -0.39 is 0 Å². The summed E-state index contributed by atoms with van der Waals surface area (Å²) in [6, 6.07) is 8.66. The highest BCUT2D eigenvalue weighted by Crippen LogP contribution is 2.23. The van der Waals surface area contributed by atoms with Crippen LogP contribution in [0.5, 0.6) is 0 Å². The number of likely N-dealkylation sites (tertiary alicyclic amines) is 1. The summed E-state index contributed by atoms with van der Waals surface area (Å²) in [4.78, 5) is 21.6. The van der Waals surface area contributed by atoms with E-state index in [1.54, 1.807) is 11.0 Å². The molecule has 7 nitrogen and oxygen atoms in total. The molecule has 168 valence electrons. The highest BCUT2D eigenvalue weighted by Gasteiger charge is 2.27. The highest BCUT2D eigenvalue weighted by molar-refractivity contribution is 5.76. The van der Waals surface area contributed by atoms with Crippen molar-refractivity contribution in [3.8, 4) is 0 Å². The van der Waals surface area contributed by atoms with Gasteiger partial charge in [-0.3, -0.25) is 14.4 Å². The van der Waals surface area contributed by atoms with Crippen LogP contribution in [0.3, 0.4) is 0 Å². The molecule has 2 saturated heterocycles. The minimum atomic E-state index is 0.191. The lowest BCUT2D eigenvalue weighted by Crippen LogP contribution is -2.43. The van der Waals surface area contributed by atoms with E-state index in [-0.39, 0.29) is 12.0 Å². The quantitative estimate of drug-likeness (QED) is 0.618. The summed E-state index contributed by atoms with van der Waals surface area (Å²) in [6.07, 6.45) is 8.28. The Kier molecular flexibility index (Phi) is 7.70. The van der Waals surface area contributed by atoms with Crippen LogP contribution in [0.4, 0.5) is 0 Å². The Morgan fingerprint density at radius 3 is 2.74 bits per heavy atom. The van der Waals surface area contributed by atoms with Gasteiger partial charge in [0.15, 0.2) is 0 Å². The van der Waals surface area contributed by atoms with Crippen molar-refractivity contribution in [3.63, 3.8) is 0 Å². The fraction of sp³-hybridized carbons (Fsp3) is 0.625. The predicted molar refractivity (Wildman–Crippen MR) is 119 cm³/mol. The molecular weight excluding hydrogens is 390 g/mol. The first-order chi connectivity index (χ1) is 15.2. The molecule has 2 aromatic rings. The first-order valence-corrected chi connectivity index (χ1v) is 11.7. The van der Waals surface area contributed by atoms with E-state index >= 15 is 0 Å². The van der Waals surface area contributed by atoms with Crippen LogP contribution in [0.25, 0.3) is 0 Å². The van der Waals surface area contributed by atoms with Crippen LogP contribution in [0.1, 0.15) is 43.2 Å². The molecule has 0 saturated carbocycles. The summed E-state index contributed by atoms with van der Waals surface area (Å²) in [5.74, 6) is 0.762. The molecular formula is C24H35N5O2. The zero-order chi connectivity index (χ0) is 21.5. The van der Waals surface area contributed by atoms with Crippen molar-refractivity contribution in [1.82, 2.24) is 24.6 Å². The Bertz CT molecular complexity index is 811. The Labute approximate surface area is 185 Å². The maximum Gasteiger partial charge on any atom is 0.224 e. The van der Waals surface area contributed by atoms with Crippen LogP contribution in [0.2, 0.25) is 0 Å². The summed E-state index contributed by atoms with van der Waals surface area (Å²) in [6.45, 7) is 8.37. The minimum absolute atomic E-state index is 0.191. The van der Waals surface area contributed by atoms with E-state index in [1.807, 2.05) is 0 Å². The summed E-state index contributed by atoms with van der Waals surface area (Å²) in [7, 11) is 0. The average molecular weight is 426 g/mol. The highest BCUT2D eigenvalue weighted by atomic mass is 16.5. The lowest BCUT2D eigenvalue weighted by molar-refractivity contribution is -0.134. The number of benzene rings is 1. The van der Waals surface area contributed by atoms with Crippen LogP contribution < -0.4 is 0 Å². The minimum Gasteiger partial charge on any atom is -0.376 e. The fourth-order valence-electron chi connectivity index (χ4n) is 4.70. The third-order valence-corrected chi connectivity index (χ3v) is 6.66. The number of hydrogen-bond acceptors (Lipinski definition) is 5. The van der Waals surface area contributed by atoms with Crippen LogP contribution >= 0.6 is 0 Å². The second-order valence-electron chi connectivity index (χ2n) is 8.99. The van der Waals surface area contributed by atoms with E-state index in [0.717, 1.165) is 65.0 Å². The van der Waals surface area contributed by atoms with Gasteiger partial charge in [0, 0.05) is 32.7 Å². The number of aromatic nitrogens is 3. The van der Waals surface area contributed by atoms with Crippen LogP contribution in [-0.4, -0.2) is 69.4 Å². The zero-order valence-corrected chi connectivity index (χ0v) is 18.7. The van der Waals surface area contributed by atoms with Gasteiger partial charge in [-0.25, -0.2) is 4.98 Å². The molecule has 2 aliphatic rings. The maximum absolute atomic E-state index is 13.0. The molecule has 31 heavy (non-hydrogen) atoms. The smallest absolute Gasteiger partial charge is 0.224 e. The number of carbonyl (C=O) groups excluding carboxylic acids is 1. The van der Waals surface area contributed by atoms with Gasteiger partial charge in [0.25, 0.3) is 0 Å². The number of rotatable bonds is 9. The average Bonchev–Trinajstić information content (AvgIpc) is 3.49. The molecule has 1 amide bonds. The number of hydrogen-bond donors (Lipinski definition) is 0. The van der Waals surface area contributed by atoms with Gasteiger partial charge in [0.05, 0.1) is 12.6 Å². The number of nitrogens with zero attached hydrogens (tertiary/aromatic N) is 5. The molecule has 2 aliphatic heterocycles. The van der Waals surface area contributed by atoms with E-state index in [9.17, 15) is 4.79 Å². The van der Waals surface area contributed by atoms with E-state index in [0.29, 0.717) is 18.9 Å². The monoisotopic (exact) mass is 425 g/mol. The predicted octanol–water partition coefficient (Wildman–Crippen LogP) is 2.90. The van der Waals surface area contributed by atoms with Gasteiger partial charge in [-0.2, -0.15) is 5.10 Å². The number of ether oxygens (including phenoxy) is 1. The molecule has 0 radical (unpaired) electrons. The van der Waals surface area contributed by atoms with Crippen molar-refractivity contribution in [1.29, 1.82) is 0 Å². The molecule has 1 atom stereocenters. The van der Waals surface area contributed by atoms with E-state index in [4.69, 9.17) is 4.74 Å². The van der Waals surface area contributed by atoms with Gasteiger partial charge in [0.1, 0.15) is 12.7 Å². The molecule has 3 heterocycles. The van der Waals surface area contributed by atoms with Gasteiger partial charge < -0.3 is 9.64 Å². The Balaban J connectivity index is 1.29. The molecule has 7 heteroatoms. The second-order valence-corrected chi connectivity index (χ2v) is 8.99. The number of piperidine rings is 1. The van der Waals surface area contributed by atoms with Crippen molar-refractivity contribution in [2.45, 2.75) is 58.2 Å². The van der Waals surface area contributed by atoms with E-state index in [1.165, 1.54) is 17.5 Å². The third-order valence-electron chi connectivity index (χ3n) is 6.66. The summed E-state index contributed by atoms with van der Waals surface area (Å²) < 4.78 is 7.57. The maximum atomic E-state index is 13.0. The lowest BCUT2D eigenvalue weighted by atomic mass is 9.95. The van der Waals surface area contributed by atoms with Crippen LogP contribution in [0.15, 0.2) is 36.9 Å². The van der Waals surface area contributed by atoms with Crippen molar-refractivity contribution in [2.24, 2.45) is 5.92 Å². The van der Waals surface area contributed by atoms with Crippen LogP contribution in [0, 0.1) is 12.8 Å². The van der Waals surface area contributed by atoms with Crippen molar-refractivity contribution in [3.05, 3.63) is 48.0 Å². The number of aryl methyl sites for hydroxylation is 2. The number of amides is 1. The summed E-state index contributed by atoms with van der Waals surface area (Å²) in [5, 5.41) is 4.12. The lowest BCUT2D eigenvalue weighted by Gasteiger charge is -2.36. The molecule has 0 unspecified atom stereocenters. The first kappa shape index (κ1) is 22.0. The van der Waals surface area contributed by atoms with Gasteiger partial charge in [0.2, 0.25) is 5.91 Å². The summed E-state index contributed by atoms with van der Waals surface area (Å²) in [5.41, 5.74) is 2.79. The Hall–Kier alpha value is -2.25. The topological polar surface area (TPSA) is 63.5 Å². The van der Waals surface area contributed by atoms with Crippen LogP contribution in [-0.2, 0) is 22.6 Å². The molecule has 0 N–H and O–H groups in total. The third kappa shape index (κ3) is 6.37. The Morgan fingerprint density at radius 2 is 2.03 bits per heavy atom. The standard InChI is InChI=1S/C24H35N5O2/c1-20-5-2-3-6-22(20)16-27-11-8-21(9-12-27)15-28(17-23-7-4-14-31-23)24(30)10-13-29-19-25-18-26-29/h2-3,5-6,18-19,21,23H,4,7-17H2,1H3/t23-/m0/s1. The summed E-state index contributed by atoms with van der Waals surface area (Å²) >= 11 is 0. The molecule has 1 aromatic heterocycles. The van der Waals surface area contributed by atoms with Crippen molar-refractivity contribution < 1.29 is 9.53 Å².